The average Bonchev–Trinajstić information content (AvgIpc) is 2.43. The summed E-state index contributed by atoms with van der Waals surface area (Å²) in [6.45, 7) is 4.20. The molecule has 0 aliphatic carbocycles. The number of fused-ring (bicyclic) bond motifs is 1. The van der Waals surface area contributed by atoms with Crippen LogP contribution in [0.25, 0.3) is 10.9 Å². The van der Waals surface area contributed by atoms with Gasteiger partial charge in [-0.15, -0.1) is 0 Å². The smallest absolute Gasteiger partial charge is 0.325 e. The van der Waals surface area contributed by atoms with E-state index in [9.17, 15) is 4.79 Å². The van der Waals surface area contributed by atoms with E-state index in [1.807, 2.05) is 43.0 Å². The van der Waals surface area contributed by atoms with E-state index in [0.29, 0.717) is 0 Å². The average molecular weight is 259 g/mol. The van der Waals surface area contributed by atoms with Gasteiger partial charge < -0.3 is 9.64 Å². The molecule has 5 nitrogen and oxygen atoms in total. The molecule has 0 aliphatic rings. The van der Waals surface area contributed by atoms with Crippen molar-refractivity contribution >= 4 is 22.7 Å². The minimum Gasteiger partial charge on any atom is -0.468 e. The van der Waals surface area contributed by atoms with E-state index in [0.717, 1.165) is 16.7 Å². The second kappa shape index (κ2) is 5.65. The fourth-order valence-corrected chi connectivity index (χ4v) is 1.93. The number of ether oxygens (including phenoxy) is 1. The highest BCUT2D eigenvalue weighted by Crippen LogP contribution is 2.23. The van der Waals surface area contributed by atoms with Crippen molar-refractivity contribution in [1.82, 2.24) is 9.97 Å². The van der Waals surface area contributed by atoms with Crippen LogP contribution >= 0.6 is 0 Å². The lowest BCUT2D eigenvalue weighted by molar-refractivity contribution is -0.139. The van der Waals surface area contributed by atoms with Crippen LogP contribution < -0.4 is 4.90 Å². The molecule has 0 amide bonds. The molecule has 5 heteroatoms. The number of methoxy groups -OCH3 is 1. The van der Waals surface area contributed by atoms with Crippen LogP contribution in [0.15, 0.2) is 30.6 Å². The maximum Gasteiger partial charge on any atom is 0.325 e. The summed E-state index contributed by atoms with van der Waals surface area (Å²) >= 11 is 0. The largest absolute Gasteiger partial charge is 0.468 e. The monoisotopic (exact) mass is 259 g/mol. The number of carbonyl (C=O) groups is 1. The Bertz CT molecular complexity index is 578. The van der Waals surface area contributed by atoms with E-state index in [2.05, 4.69) is 9.97 Å². The quantitative estimate of drug-likeness (QED) is 0.786. The second-order valence-corrected chi connectivity index (χ2v) is 4.51. The molecule has 0 spiro atoms. The summed E-state index contributed by atoms with van der Waals surface area (Å²) in [4.78, 5) is 22.0. The molecule has 0 saturated heterocycles. The zero-order chi connectivity index (χ0) is 13.8. The first-order valence-electron chi connectivity index (χ1n) is 6.16. The Balaban J connectivity index is 2.47. The summed E-state index contributed by atoms with van der Waals surface area (Å²) in [6, 6.07) is 7.89. The van der Waals surface area contributed by atoms with Crippen LogP contribution in [0.4, 0.5) is 5.82 Å². The molecular weight excluding hydrogens is 242 g/mol. The van der Waals surface area contributed by atoms with Gasteiger partial charge in [0.05, 0.1) is 12.6 Å². The lowest BCUT2D eigenvalue weighted by Gasteiger charge is -2.27. The van der Waals surface area contributed by atoms with Gasteiger partial charge in [0.1, 0.15) is 18.7 Å². The highest BCUT2D eigenvalue weighted by Gasteiger charge is 2.18. The number of hydrogen-bond acceptors (Lipinski definition) is 5. The van der Waals surface area contributed by atoms with Gasteiger partial charge in [0, 0.05) is 11.4 Å². The lowest BCUT2D eigenvalue weighted by atomic mass is 10.2. The zero-order valence-electron chi connectivity index (χ0n) is 11.3. The van der Waals surface area contributed by atoms with Gasteiger partial charge in [0.2, 0.25) is 0 Å². The predicted octanol–water partition coefficient (Wildman–Crippen LogP) is 2.02. The van der Waals surface area contributed by atoms with Crippen molar-refractivity contribution in [1.29, 1.82) is 0 Å². The molecule has 2 aromatic rings. The number of esters is 1. The molecule has 0 N–H and O–H groups in total. The van der Waals surface area contributed by atoms with Gasteiger partial charge in [-0.2, -0.15) is 0 Å². The second-order valence-electron chi connectivity index (χ2n) is 4.51. The van der Waals surface area contributed by atoms with Crippen LogP contribution in [0.3, 0.4) is 0 Å². The molecule has 0 aliphatic heterocycles. The molecule has 0 atom stereocenters. The Morgan fingerprint density at radius 1 is 1.32 bits per heavy atom. The van der Waals surface area contributed by atoms with E-state index >= 15 is 0 Å². The molecule has 0 unspecified atom stereocenters. The van der Waals surface area contributed by atoms with E-state index < -0.39 is 0 Å². The van der Waals surface area contributed by atoms with Crippen molar-refractivity contribution < 1.29 is 9.53 Å². The third-order valence-corrected chi connectivity index (χ3v) is 2.94. The number of anilines is 1. The maximum atomic E-state index is 11.5. The molecule has 0 fully saturated rings. The molecule has 0 bridgehead atoms. The Hall–Kier alpha value is -2.17. The van der Waals surface area contributed by atoms with Gasteiger partial charge in [-0.05, 0) is 26.0 Å². The van der Waals surface area contributed by atoms with Crippen molar-refractivity contribution in [2.24, 2.45) is 0 Å². The van der Waals surface area contributed by atoms with Crippen LogP contribution in [-0.2, 0) is 9.53 Å². The number of benzene rings is 1. The predicted molar refractivity (Wildman–Crippen MR) is 74.0 cm³/mol. The number of carbonyl (C=O) groups excluding carboxylic acids is 1. The first-order valence-corrected chi connectivity index (χ1v) is 6.16. The molecule has 2 rings (SSSR count). The lowest BCUT2D eigenvalue weighted by Crippen LogP contribution is -2.37. The number of para-hydroxylation sites is 1. The van der Waals surface area contributed by atoms with Gasteiger partial charge in [-0.1, -0.05) is 12.1 Å². The Kier molecular flexibility index (Phi) is 3.94. The Morgan fingerprint density at radius 3 is 2.74 bits per heavy atom. The van der Waals surface area contributed by atoms with E-state index in [-0.39, 0.29) is 18.6 Å². The minimum atomic E-state index is -0.281. The highest BCUT2D eigenvalue weighted by molar-refractivity contribution is 5.90. The van der Waals surface area contributed by atoms with Gasteiger partial charge in [0.25, 0.3) is 0 Å². The summed E-state index contributed by atoms with van der Waals surface area (Å²) in [7, 11) is 1.39. The maximum absolute atomic E-state index is 11.5. The van der Waals surface area contributed by atoms with Crippen molar-refractivity contribution in [3.63, 3.8) is 0 Å². The first-order chi connectivity index (χ1) is 9.13. The van der Waals surface area contributed by atoms with Gasteiger partial charge in [-0.25, -0.2) is 9.97 Å². The summed E-state index contributed by atoms with van der Waals surface area (Å²) in [5.41, 5.74) is 0.864. The summed E-state index contributed by atoms with van der Waals surface area (Å²) in [5, 5.41) is 0.933. The van der Waals surface area contributed by atoms with E-state index in [4.69, 9.17) is 4.74 Å². The normalized spacial score (nSPS) is 10.7. The third-order valence-electron chi connectivity index (χ3n) is 2.94. The minimum absolute atomic E-state index is 0.136. The van der Waals surface area contributed by atoms with Crippen molar-refractivity contribution in [2.75, 3.05) is 18.6 Å². The molecule has 100 valence electrons. The number of rotatable bonds is 4. The van der Waals surface area contributed by atoms with E-state index in [1.54, 1.807) is 0 Å². The van der Waals surface area contributed by atoms with Gasteiger partial charge in [0.15, 0.2) is 0 Å². The molecule has 1 aromatic heterocycles. The standard InChI is InChI=1S/C14H17N3O2/c1-10(2)17(8-13(18)19-3)14-11-6-4-5-7-12(11)15-9-16-14/h4-7,9-10H,8H2,1-3H3. The fourth-order valence-electron chi connectivity index (χ4n) is 1.93. The van der Waals surface area contributed by atoms with Crippen LogP contribution in [0.5, 0.6) is 0 Å². The number of hydrogen-bond donors (Lipinski definition) is 0. The van der Waals surface area contributed by atoms with Crippen molar-refractivity contribution in [3.05, 3.63) is 30.6 Å². The third kappa shape index (κ3) is 2.81. The molecule has 1 heterocycles. The molecule has 0 saturated carbocycles. The Morgan fingerprint density at radius 2 is 2.05 bits per heavy atom. The molecular formula is C14H17N3O2. The van der Waals surface area contributed by atoms with E-state index in [1.165, 1.54) is 13.4 Å². The highest BCUT2D eigenvalue weighted by atomic mass is 16.5. The first kappa shape index (κ1) is 13.3. The summed E-state index contributed by atoms with van der Waals surface area (Å²) < 4.78 is 4.74. The molecule has 1 aromatic carbocycles. The van der Waals surface area contributed by atoms with Crippen LogP contribution in [0.2, 0.25) is 0 Å². The molecule has 0 radical (unpaired) electrons. The molecule has 19 heavy (non-hydrogen) atoms. The van der Waals surface area contributed by atoms with Crippen LogP contribution in [0.1, 0.15) is 13.8 Å². The van der Waals surface area contributed by atoms with Gasteiger partial charge in [-0.3, -0.25) is 4.79 Å². The fraction of sp³-hybridized carbons (Fsp3) is 0.357. The number of aromatic nitrogens is 2. The zero-order valence-corrected chi connectivity index (χ0v) is 11.3. The topological polar surface area (TPSA) is 55.3 Å². The summed E-state index contributed by atoms with van der Waals surface area (Å²) in [5.74, 6) is 0.474. The number of nitrogens with zero attached hydrogens (tertiary/aromatic N) is 3. The van der Waals surface area contributed by atoms with Crippen LogP contribution in [0, 0.1) is 0 Å². The van der Waals surface area contributed by atoms with Crippen molar-refractivity contribution in [2.45, 2.75) is 19.9 Å². The van der Waals surface area contributed by atoms with Crippen LogP contribution in [-0.4, -0.2) is 35.6 Å². The summed E-state index contributed by atoms with van der Waals surface area (Å²) in [6.07, 6.45) is 1.52. The Labute approximate surface area is 112 Å². The SMILES string of the molecule is COC(=O)CN(c1ncnc2ccccc12)C(C)C. The van der Waals surface area contributed by atoms with Crippen molar-refractivity contribution in [3.8, 4) is 0 Å². The van der Waals surface area contributed by atoms with Gasteiger partial charge >= 0.3 is 5.97 Å².